The summed E-state index contributed by atoms with van der Waals surface area (Å²) in [4.78, 5) is 12.0. The molecule has 0 aliphatic carbocycles. The van der Waals surface area contributed by atoms with Gasteiger partial charge in [-0.15, -0.1) is 0 Å². The summed E-state index contributed by atoms with van der Waals surface area (Å²) in [6, 6.07) is 13.0. The van der Waals surface area contributed by atoms with Crippen LogP contribution >= 0.6 is 0 Å². The van der Waals surface area contributed by atoms with E-state index in [1.165, 1.54) is 19.2 Å². The van der Waals surface area contributed by atoms with Crippen molar-refractivity contribution in [2.45, 2.75) is 6.04 Å². The Labute approximate surface area is 123 Å². The van der Waals surface area contributed by atoms with Gasteiger partial charge in [0, 0.05) is 11.8 Å². The van der Waals surface area contributed by atoms with E-state index in [1.807, 2.05) is 18.2 Å². The van der Waals surface area contributed by atoms with Gasteiger partial charge in [0.15, 0.2) is 6.04 Å². The average Bonchev–Trinajstić information content (AvgIpc) is 2.53. The predicted octanol–water partition coefficient (Wildman–Crippen LogP) is 2.73. The normalized spacial score (nSPS) is 11.5. The maximum atomic E-state index is 12.0. The quantitative estimate of drug-likeness (QED) is 0.828. The van der Waals surface area contributed by atoms with Crippen molar-refractivity contribution in [2.24, 2.45) is 0 Å². The number of phenols is 1. The molecule has 2 N–H and O–H groups in total. The SMILES string of the molecule is COC(=O)C(Nc1cccc(OC)c1)c1ccc(O)cc1. The molecule has 0 aromatic heterocycles. The molecule has 0 aliphatic rings. The van der Waals surface area contributed by atoms with E-state index in [-0.39, 0.29) is 5.75 Å². The van der Waals surface area contributed by atoms with Crippen molar-refractivity contribution >= 4 is 11.7 Å². The summed E-state index contributed by atoms with van der Waals surface area (Å²) in [7, 11) is 2.92. The van der Waals surface area contributed by atoms with Crippen LogP contribution in [0.5, 0.6) is 11.5 Å². The van der Waals surface area contributed by atoms with Gasteiger partial charge in [0.05, 0.1) is 14.2 Å². The maximum absolute atomic E-state index is 12.0. The number of nitrogens with one attached hydrogen (secondary N) is 1. The second-order valence-corrected chi connectivity index (χ2v) is 4.42. The van der Waals surface area contributed by atoms with Crippen LogP contribution in [0.3, 0.4) is 0 Å². The average molecular weight is 287 g/mol. The molecule has 0 saturated heterocycles. The summed E-state index contributed by atoms with van der Waals surface area (Å²) in [6.07, 6.45) is 0. The van der Waals surface area contributed by atoms with Crippen LogP contribution in [0.25, 0.3) is 0 Å². The number of esters is 1. The molecule has 0 bridgehead atoms. The molecule has 0 fully saturated rings. The van der Waals surface area contributed by atoms with Crippen molar-refractivity contribution < 1.29 is 19.4 Å². The molecule has 5 heteroatoms. The number of carbonyl (C=O) groups is 1. The molecule has 21 heavy (non-hydrogen) atoms. The minimum atomic E-state index is -0.664. The van der Waals surface area contributed by atoms with Crippen molar-refractivity contribution in [3.8, 4) is 11.5 Å². The van der Waals surface area contributed by atoms with E-state index >= 15 is 0 Å². The van der Waals surface area contributed by atoms with Gasteiger partial charge in [-0.3, -0.25) is 0 Å². The number of benzene rings is 2. The minimum Gasteiger partial charge on any atom is -0.508 e. The van der Waals surface area contributed by atoms with Crippen LogP contribution in [0.15, 0.2) is 48.5 Å². The highest BCUT2D eigenvalue weighted by atomic mass is 16.5. The third-order valence-electron chi connectivity index (χ3n) is 3.04. The van der Waals surface area contributed by atoms with Crippen LogP contribution in [0.4, 0.5) is 5.69 Å². The van der Waals surface area contributed by atoms with E-state index in [9.17, 15) is 9.90 Å². The fourth-order valence-corrected chi connectivity index (χ4v) is 1.94. The molecular weight excluding hydrogens is 270 g/mol. The van der Waals surface area contributed by atoms with Gasteiger partial charge in [-0.05, 0) is 29.8 Å². The number of anilines is 1. The Hall–Kier alpha value is -2.69. The molecule has 2 rings (SSSR count). The zero-order chi connectivity index (χ0) is 15.2. The Morgan fingerprint density at radius 1 is 1.14 bits per heavy atom. The Balaban J connectivity index is 2.28. The molecule has 0 spiro atoms. The topological polar surface area (TPSA) is 67.8 Å². The largest absolute Gasteiger partial charge is 0.508 e. The Morgan fingerprint density at radius 2 is 1.86 bits per heavy atom. The van der Waals surface area contributed by atoms with E-state index in [4.69, 9.17) is 9.47 Å². The molecule has 5 nitrogen and oxygen atoms in total. The number of hydrogen-bond donors (Lipinski definition) is 2. The van der Waals surface area contributed by atoms with Crippen molar-refractivity contribution in [1.29, 1.82) is 0 Å². The minimum absolute atomic E-state index is 0.142. The monoisotopic (exact) mass is 287 g/mol. The maximum Gasteiger partial charge on any atom is 0.332 e. The smallest absolute Gasteiger partial charge is 0.332 e. The molecule has 0 heterocycles. The number of hydrogen-bond acceptors (Lipinski definition) is 5. The van der Waals surface area contributed by atoms with Crippen molar-refractivity contribution in [3.05, 3.63) is 54.1 Å². The zero-order valence-corrected chi connectivity index (χ0v) is 11.9. The van der Waals surface area contributed by atoms with Gasteiger partial charge in [-0.25, -0.2) is 4.79 Å². The molecule has 0 saturated carbocycles. The summed E-state index contributed by atoms with van der Waals surface area (Å²) < 4.78 is 9.99. The van der Waals surface area contributed by atoms with Crippen LogP contribution < -0.4 is 10.1 Å². The number of aromatic hydroxyl groups is 1. The summed E-state index contributed by atoms with van der Waals surface area (Å²) in [5.74, 6) is 0.418. The number of methoxy groups -OCH3 is 2. The van der Waals surface area contributed by atoms with E-state index in [0.29, 0.717) is 11.3 Å². The first-order valence-corrected chi connectivity index (χ1v) is 6.41. The first kappa shape index (κ1) is 14.7. The highest BCUT2D eigenvalue weighted by Gasteiger charge is 2.21. The lowest BCUT2D eigenvalue weighted by atomic mass is 10.1. The summed E-state index contributed by atoms with van der Waals surface area (Å²) in [6.45, 7) is 0. The number of rotatable bonds is 5. The fraction of sp³-hybridized carbons (Fsp3) is 0.188. The first-order chi connectivity index (χ1) is 10.1. The van der Waals surface area contributed by atoms with Crippen molar-refractivity contribution in [1.82, 2.24) is 0 Å². The van der Waals surface area contributed by atoms with Gasteiger partial charge < -0.3 is 19.9 Å². The first-order valence-electron chi connectivity index (χ1n) is 6.41. The lowest BCUT2D eigenvalue weighted by Crippen LogP contribution is -2.22. The molecule has 110 valence electrons. The second kappa shape index (κ2) is 6.65. The third-order valence-corrected chi connectivity index (χ3v) is 3.04. The van der Waals surface area contributed by atoms with Crippen molar-refractivity contribution in [3.63, 3.8) is 0 Å². The van der Waals surface area contributed by atoms with Crippen molar-refractivity contribution in [2.75, 3.05) is 19.5 Å². The van der Waals surface area contributed by atoms with E-state index < -0.39 is 12.0 Å². The Morgan fingerprint density at radius 3 is 2.48 bits per heavy atom. The van der Waals surface area contributed by atoms with Gasteiger partial charge >= 0.3 is 5.97 Å². The third kappa shape index (κ3) is 3.66. The number of ether oxygens (including phenoxy) is 2. The van der Waals surface area contributed by atoms with Crippen LogP contribution in [-0.2, 0) is 9.53 Å². The molecule has 0 amide bonds. The molecule has 2 aromatic carbocycles. The molecule has 0 radical (unpaired) electrons. The van der Waals surface area contributed by atoms with Crippen LogP contribution in [-0.4, -0.2) is 25.3 Å². The molecule has 1 unspecified atom stereocenters. The Kier molecular flexibility index (Phi) is 4.66. The molecular formula is C16H17NO4. The second-order valence-electron chi connectivity index (χ2n) is 4.42. The van der Waals surface area contributed by atoms with Gasteiger partial charge in [0.2, 0.25) is 0 Å². The molecule has 0 aliphatic heterocycles. The predicted molar refractivity (Wildman–Crippen MR) is 79.5 cm³/mol. The van der Waals surface area contributed by atoms with Gasteiger partial charge in [-0.2, -0.15) is 0 Å². The summed E-state index contributed by atoms with van der Waals surface area (Å²) in [5, 5.41) is 12.4. The highest BCUT2D eigenvalue weighted by Crippen LogP contribution is 2.25. The lowest BCUT2D eigenvalue weighted by Gasteiger charge is -2.18. The zero-order valence-electron chi connectivity index (χ0n) is 11.9. The summed E-state index contributed by atoms with van der Waals surface area (Å²) in [5.41, 5.74) is 1.43. The standard InChI is InChI=1S/C16H17NO4/c1-20-14-5-3-4-12(10-14)17-15(16(19)21-2)11-6-8-13(18)9-7-11/h3-10,15,17-18H,1-2H3. The van der Waals surface area contributed by atoms with Crippen LogP contribution in [0, 0.1) is 0 Å². The summed E-state index contributed by atoms with van der Waals surface area (Å²) >= 11 is 0. The number of phenolic OH excluding ortho intramolecular Hbond substituents is 1. The Bertz CT molecular complexity index is 610. The molecule has 2 aromatic rings. The number of carbonyl (C=O) groups excluding carboxylic acids is 1. The van der Waals surface area contributed by atoms with E-state index in [2.05, 4.69) is 5.32 Å². The van der Waals surface area contributed by atoms with Crippen LogP contribution in [0.1, 0.15) is 11.6 Å². The van der Waals surface area contributed by atoms with E-state index in [1.54, 1.807) is 25.3 Å². The van der Waals surface area contributed by atoms with Gasteiger partial charge in [0.1, 0.15) is 11.5 Å². The van der Waals surface area contributed by atoms with Gasteiger partial charge in [-0.1, -0.05) is 18.2 Å². The van der Waals surface area contributed by atoms with Gasteiger partial charge in [0.25, 0.3) is 0 Å². The van der Waals surface area contributed by atoms with Crippen LogP contribution in [0.2, 0.25) is 0 Å². The fourth-order valence-electron chi connectivity index (χ4n) is 1.94. The van der Waals surface area contributed by atoms with E-state index in [0.717, 1.165) is 5.69 Å². The molecule has 1 atom stereocenters. The lowest BCUT2D eigenvalue weighted by molar-refractivity contribution is -0.141. The highest BCUT2D eigenvalue weighted by molar-refractivity contribution is 5.81.